The molecule has 0 aromatic rings. The van der Waals surface area contributed by atoms with Gasteiger partial charge >= 0.3 is 0 Å². The molecule has 1 aliphatic rings. The lowest BCUT2D eigenvalue weighted by Crippen LogP contribution is -2.46. The molecule has 1 N–H and O–H groups in total. The van der Waals surface area contributed by atoms with Crippen LogP contribution in [0.5, 0.6) is 0 Å². The minimum Gasteiger partial charge on any atom is -0.790 e. The maximum absolute atomic E-state index is 10.8. The van der Waals surface area contributed by atoms with Gasteiger partial charge < -0.3 is 48.5 Å². The van der Waals surface area contributed by atoms with Gasteiger partial charge in [-0.05, 0) is 11.6 Å². The Morgan fingerprint density at radius 1 is 1.38 bits per heavy atom. The summed E-state index contributed by atoms with van der Waals surface area (Å²) in [6.07, 6.45) is -5.04. The molecule has 0 radical (unpaired) electrons. The molecule has 10 nitrogen and oxygen atoms in total. The van der Waals surface area contributed by atoms with E-state index in [2.05, 4.69) is 15.8 Å². The molecular weight excluding hydrogens is 311 g/mol. The monoisotopic (exact) mass is 320 g/mol. The van der Waals surface area contributed by atoms with Crippen LogP contribution in [0.4, 0.5) is 0 Å². The molecule has 0 heterocycles. The number of aliphatic hydroxyl groups excluding tert-OH is 1. The number of hydrogen-bond donors (Lipinski definition) is 1. The summed E-state index contributed by atoms with van der Waals surface area (Å²) in [5.41, 5.74) is -0.533. The lowest BCUT2D eigenvalue weighted by molar-refractivity contribution is -0.347. The molecule has 3 atom stereocenters. The van der Waals surface area contributed by atoms with Crippen molar-refractivity contribution in [3.05, 3.63) is 24.0 Å². The first-order valence-corrected chi connectivity index (χ1v) is 6.85. The summed E-state index contributed by atoms with van der Waals surface area (Å²) < 4.78 is 19.2. The van der Waals surface area contributed by atoms with E-state index in [4.69, 9.17) is 0 Å². The van der Waals surface area contributed by atoms with Crippen molar-refractivity contribution in [1.82, 2.24) is 0 Å². The Morgan fingerprint density at radius 3 is 2.38 bits per heavy atom. The second kappa shape index (κ2) is 6.37. The molecule has 1 rings (SSSR count). The molecule has 0 aromatic carbocycles. The van der Waals surface area contributed by atoms with E-state index in [0.717, 1.165) is 6.08 Å². The van der Waals surface area contributed by atoms with Gasteiger partial charge in [-0.25, -0.2) is 0 Å². The molecule has 0 amide bonds. The van der Waals surface area contributed by atoms with Crippen molar-refractivity contribution in [2.45, 2.75) is 24.7 Å². The summed E-state index contributed by atoms with van der Waals surface area (Å²) in [4.78, 5) is 42.4. The van der Waals surface area contributed by atoms with E-state index in [-0.39, 0.29) is 0 Å². The molecule has 0 saturated heterocycles. The first-order chi connectivity index (χ1) is 9.51. The Bertz CT molecular complexity index is 532. The van der Waals surface area contributed by atoms with Crippen molar-refractivity contribution in [3.63, 3.8) is 0 Å². The number of ether oxygens (including phenoxy) is 1. The molecule has 0 unspecified atom stereocenters. The normalized spacial score (nSPS) is 25.9. The predicted molar refractivity (Wildman–Crippen MR) is 55.2 cm³/mol. The number of phosphoric ester groups is 1. The number of aliphatic carboxylic acids is 2. The predicted octanol–water partition coefficient (Wildman–Crippen LogP) is -4.71. The minimum atomic E-state index is -5.52. The molecule has 11 heteroatoms. The van der Waals surface area contributed by atoms with E-state index in [1.807, 2.05) is 0 Å². The van der Waals surface area contributed by atoms with Crippen molar-refractivity contribution >= 4 is 19.8 Å². The fourth-order valence-electron chi connectivity index (χ4n) is 1.65. The first-order valence-electron chi connectivity index (χ1n) is 5.38. The standard InChI is InChI=1S/C10H13O10P/c1-4(9(12)13)19-6-2-5(10(14)15)3-7(8(6)11)20-21(16,17)18/h2,6-8,11H,1,3H2,(H,12,13)(H,14,15)(H2,16,17,18)/p-4/t6-,7-,8+/m1/s1. The van der Waals surface area contributed by atoms with E-state index >= 15 is 0 Å². The molecule has 21 heavy (non-hydrogen) atoms. The van der Waals surface area contributed by atoms with Crippen molar-refractivity contribution in [3.8, 4) is 0 Å². The second-order valence-corrected chi connectivity index (χ2v) is 5.16. The summed E-state index contributed by atoms with van der Waals surface area (Å²) in [5, 5.41) is 31.0. The SMILES string of the molecule is C=C(O[C@@H]1C=C(C(=O)[O-])C[C@@H](OP(=O)([O-])[O-])[C@H]1O)C(=O)[O-]. The van der Waals surface area contributed by atoms with Crippen molar-refractivity contribution in [2.75, 3.05) is 0 Å². The van der Waals surface area contributed by atoms with Gasteiger partial charge in [0.25, 0.3) is 0 Å². The van der Waals surface area contributed by atoms with E-state index in [1.165, 1.54) is 0 Å². The van der Waals surface area contributed by atoms with Gasteiger partial charge in [-0.2, -0.15) is 0 Å². The maximum Gasteiger partial charge on any atom is 0.146 e. The lowest BCUT2D eigenvalue weighted by Gasteiger charge is -2.40. The van der Waals surface area contributed by atoms with Crippen LogP contribution < -0.4 is 20.0 Å². The van der Waals surface area contributed by atoms with Gasteiger partial charge in [0.15, 0.2) is 0 Å². The van der Waals surface area contributed by atoms with E-state index in [0.29, 0.717) is 0 Å². The van der Waals surface area contributed by atoms with Crippen molar-refractivity contribution in [1.29, 1.82) is 0 Å². The molecule has 0 bridgehead atoms. The number of hydrogen-bond acceptors (Lipinski definition) is 10. The number of rotatable bonds is 6. The van der Waals surface area contributed by atoms with Gasteiger partial charge in [0.1, 0.15) is 23.9 Å². The topological polar surface area (TPSA) is 182 Å². The number of aliphatic hydroxyl groups is 1. The average molecular weight is 320 g/mol. The van der Waals surface area contributed by atoms with Crippen LogP contribution in [-0.4, -0.2) is 35.4 Å². The molecule has 1 aliphatic carbocycles. The molecule has 0 fully saturated rings. The van der Waals surface area contributed by atoms with Gasteiger partial charge in [0, 0.05) is 6.42 Å². The third kappa shape index (κ3) is 4.96. The zero-order valence-electron chi connectivity index (χ0n) is 10.3. The minimum absolute atomic E-state index is 0.533. The highest BCUT2D eigenvalue weighted by atomic mass is 31.2. The zero-order chi connectivity index (χ0) is 16.4. The van der Waals surface area contributed by atoms with Crippen LogP contribution in [0.3, 0.4) is 0 Å². The van der Waals surface area contributed by atoms with E-state index in [1.54, 1.807) is 0 Å². The number of phosphoric acid groups is 1. The van der Waals surface area contributed by atoms with Gasteiger partial charge in [-0.3, -0.25) is 0 Å². The van der Waals surface area contributed by atoms with Crippen LogP contribution in [0.2, 0.25) is 0 Å². The highest BCUT2D eigenvalue weighted by Gasteiger charge is 2.35. The zero-order valence-corrected chi connectivity index (χ0v) is 11.2. The highest BCUT2D eigenvalue weighted by molar-refractivity contribution is 7.43. The maximum atomic E-state index is 10.8. The molecule has 118 valence electrons. The van der Waals surface area contributed by atoms with Gasteiger partial charge in [-0.15, -0.1) is 0 Å². The Morgan fingerprint density at radius 2 is 1.95 bits per heavy atom. The Kier molecular flexibility index (Phi) is 5.26. The molecule has 0 aromatic heterocycles. The lowest BCUT2D eigenvalue weighted by atomic mass is 9.92. The van der Waals surface area contributed by atoms with Crippen molar-refractivity contribution in [2.24, 2.45) is 0 Å². The van der Waals surface area contributed by atoms with Crippen LogP contribution in [0, 0.1) is 0 Å². The van der Waals surface area contributed by atoms with Gasteiger partial charge in [-0.1, -0.05) is 6.58 Å². The summed E-state index contributed by atoms with van der Waals surface area (Å²) >= 11 is 0. The fraction of sp³-hybridized carbons (Fsp3) is 0.400. The third-order valence-electron chi connectivity index (χ3n) is 2.54. The number of carboxylic acid groups (broad SMARTS) is 2. The van der Waals surface area contributed by atoms with Crippen LogP contribution in [-0.2, 0) is 23.4 Å². The largest absolute Gasteiger partial charge is 0.790 e. The Hall–Kier alpha value is -1.71. The smallest absolute Gasteiger partial charge is 0.146 e. The fourth-order valence-corrected chi connectivity index (χ4v) is 2.18. The third-order valence-corrected chi connectivity index (χ3v) is 3.07. The molecule has 0 aliphatic heterocycles. The van der Waals surface area contributed by atoms with Crippen molar-refractivity contribution < 1.29 is 48.5 Å². The first kappa shape index (κ1) is 17.3. The van der Waals surface area contributed by atoms with Crippen LogP contribution in [0.1, 0.15) is 6.42 Å². The molecule has 0 saturated carbocycles. The molecular formula is C10H9O10P-4. The summed E-state index contributed by atoms with van der Waals surface area (Å²) in [6.45, 7) is 2.95. The van der Waals surface area contributed by atoms with Crippen LogP contribution >= 0.6 is 7.82 Å². The quantitative estimate of drug-likeness (QED) is 0.283. The van der Waals surface area contributed by atoms with Gasteiger partial charge in [0.2, 0.25) is 0 Å². The Balaban J connectivity index is 3.01. The Labute approximate surface area is 118 Å². The highest BCUT2D eigenvalue weighted by Crippen LogP contribution is 2.34. The number of carbonyl (C=O) groups excluding carboxylic acids is 2. The van der Waals surface area contributed by atoms with Gasteiger partial charge in [0.05, 0.1) is 19.9 Å². The summed E-state index contributed by atoms with van der Waals surface area (Å²) in [5.74, 6) is -4.48. The summed E-state index contributed by atoms with van der Waals surface area (Å²) in [6, 6.07) is 0. The van der Waals surface area contributed by atoms with Crippen LogP contribution in [0.25, 0.3) is 0 Å². The van der Waals surface area contributed by atoms with E-state index < -0.39 is 55.8 Å². The average Bonchev–Trinajstić information content (AvgIpc) is 2.31. The van der Waals surface area contributed by atoms with E-state index in [9.17, 15) is 39.3 Å². The number of carbonyl (C=O) groups is 2. The molecule has 0 spiro atoms. The van der Waals surface area contributed by atoms with Crippen LogP contribution in [0.15, 0.2) is 24.0 Å². The number of carboxylic acids is 2. The summed E-state index contributed by atoms with van der Waals surface area (Å²) in [7, 11) is -5.52. The second-order valence-electron chi connectivity index (χ2n) is 4.06.